The summed E-state index contributed by atoms with van der Waals surface area (Å²) in [5, 5.41) is 4.07. The number of anilines is 1. The average Bonchev–Trinajstić information content (AvgIpc) is 2.97. The fraction of sp³-hybridized carbons (Fsp3) is 0.318. The first-order chi connectivity index (χ1) is 13.7. The number of amides is 2. The van der Waals surface area contributed by atoms with Gasteiger partial charge in [0.25, 0.3) is 0 Å². The SMILES string of the molecule is Cc1ccc(NC(=O)N2CCCN(Cc3ccncc3)CC2)c2cccnc12. The zero-order valence-electron chi connectivity index (χ0n) is 16.1. The molecular formula is C22H25N5O. The zero-order valence-corrected chi connectivity index (χ0v) is 16.1. The van der Waals surface area contributed by atoms with E-state index in [2.05, 4.69) is 20.2 Å². The van der Waals surface area contributed by atoms with Crippen LogP contribution >= 0.6 is 0 Å². The summed E-state index contributed by atoms with van der Waals surface area (Å²) in [6, 6.07) is 11.9. The maximum absolute atomic E-state index is 12.9. The highest BCUT2D eigenvalue weighted by Gasteiger charge is 2.20. The number of hydrogen-bond donors (Lipinski definition) is 1. The molecule has 1 N–H and O–H groups in total. The van der Waals surface area contributed by atoms with Crippen LogP contribution in [0, 0.1) is 6.92 Å². The molecule has 2 amide bonds. The number of aryl methyl sites for hydroxylation is 1. The summed E-state index contributed by atoms with van der Waals surface area (Å²) >= 11 is 0. The monoisotopic (exact) mass is 375 g/mol. The van der Waals surface area contributed by atoms with Crippen molar-refractivity contribution in [3.05, 3.63) is 66.1 Å². The van der Waals surface area contributed by atoms with Crippen LogP contribution in [0.2, 0.25) is 0 Å². The Bertz CT molecular complexity index is 960. The minimum atomic E-state index is -0.0419. The van der Waals surface area contributed by atoms with Crippen molar-refractivity contribution in [2.24, 2.45) is 0 Å². The molecule has 1 aromatic carbocycles. The Morgan fingerprint density at radius 3 is 2.75 bits per heavy atom. The molecule has 6 heteroatoms. The lowest BCUT2D eigenvalue weighted by atomic mass is 10.1. The second-order valence-corrected chi connectivity index (χ2v) is 7.23. The highest BCUT2D eigenvalue weighted by molar-refractivity contribution is 6.01. The maximum atomic E-state index is 12.9. The normalized spacial score (nSPS) is 15.4. The summed E-state index contributed by atoms with van der Waals surface area (Å²) in [7, 11) is 0. The van der Waals surface area contributed by atoms with Gasteiger partial charge in [0.1, 0.15) is 0 Å². The third kappa shape index (κ3) is 4.12. The van der Waals surface area contributed by atoms with Crippen LogP contribution in [0.15, 0.2) is 55.0 Å². The van der Waals surface area contributed by atoms with Gasteiger partial charge >= 0.3 is 6.03 Å². The lowest BCUT2D eigenvalue weighted by Gasteiger charge is -2.23. The number of rotatable bonds is 3. The molecule has 28 heavy (non-hydrogen) atoms. The van der Waals surface area contributed by atoms with E-state index in [9.17, 15) is 4.79 Å². The number of hydrogen-bond acceptors (Lipinski definition) is 4. The van der Waals surface area contributed by atoms with Gasteiger partial charge in [0.05, 0.1) is 11.2 Å². The van der Waals surface area contributed by atoms with Crippen molar-refractivity contribution in [1.29, 1.82) is 0 Å². The van der Waals surface area contributed by atoms with E-state index in [0.717, 1.165) is 61.3 Å². The van der Waals surface area contributed by atoms with E-state index in [1.54, 1.807) is 6.20 Å². The van der Waals surface area contributed by atoms with Gasteiger partial charge in [-0.3, -0.25) is 14.9 Å². The molecule has 1 fully saturated rings. The highest BCUT2D eigenvalue weighted by atomic mass is 16.2. The minimum absolute atomic E-state index is 0.0419. The molecular weight excluding hydrogens is 350 g/mol. The van der Waals surface area contributed by atoms with Crippen molar-refractivity contribution in [3.63, 3.8) is 0 Å². The molecule has 3 heterocycles. The molecule has 0 atom stereocenters. The first kappa shape index (κ1) is 18.4. The fourth-order valence-electron chi connectivity index (χ4n) is 3.70. The topological polar surface area (TPSA) is 61.4 Å². The predicted molar refractivity (Wildman–Crippen MR) is 111 cm³/mol. The summed E-state index contributed by atoms with van der Waals surface area (Å²) in [4.78, 5) is 25.7. The van der Waals surface area contributed by atoms with E-state index >= 15 is 0 Å². The molecule has 1 aliphatic rings. The largest absolute Gasteiger partial charge is 0.323 e. The molecule has 0 saturated carbocycles. The summed E-state index contributed by atoms with van der Waals surface area (Å²) in [5.41, 5.74) is 4.11. The van der Waals surface area contributed by atoms with E-state index in [0.29, 0.717) is 0 Å². The first-order valence-corrected chi connectivity index (χ1v) is 9.72. The van der Waals surface area contributed by atoms with Crippen LogP contribution in [0.4, 0.5) is 10.5 Å². The standard InChI is InChI=1S/C22H25N5O/c1-17-5-6-20(19-4-2-9-24-21(17)19)25-22(28)27-13-3-12-26(14-15-27)16-18-7-10-23-11-8-18/h2,4-11H,3,12-16H2,1H3,(H,25,28). The van der Waals surface area contributed by atoms with Gasteiger partial charge in [-0.05, 0) is 54.8 Å². The second-order valence-electron chi connectivity index (χ2n) is 7.23. The van der Waals surface area contributed by atoms with Gasteiger partial charge in [0.15, 0.2) is 0 Å². The van der Waals surface area contributed by atoms with Crippen LogP contribution in [0.5, 0.6) is 0 Å². The number of aromatic nitrogens is 2. The van der Waals surface area contributed by atoms with E-state index in [4.69, 9.17) is 0 Å². The zero-order chi connectivity index (χ0) is 19.3. The summed E-state index contributed by atoms with van der Waals surface area (Å²) in [6.45, 7) is 6.27. The Hall–Kier alpha value is -2.99. The molecule has 6 nitrogen and oxygen atoms in total. The number of pyridine rings is 2. The van der Waals surface area contributed by atoms with E-state index in [-0.39, 0.29) is 6.03 Å². The molecule has 0 bridgehead atoms. The molecule has 0 radical (unpaired) electrons. The van der Waals surface area contributed by atoms with Crippen molar-refractivity contribution in [1.82, 2.24) is 19.8 Å². The third-order valence-electron chi connectivity index (χ3n) is 5.24. The Morgan fingerprint density at radius 2 is 1.89 bits per heavy atom. The summed E-state index contributed by atoms with van der Waals surface area (Å²) in [6.07, 6.45) is 6.41. The van der Waals surface area contributed by atoms with Gasteiger partial charge in [-0.25, -0.2) is 4.79 Å². The molecule has 4 rings (SSSR count). The lowest BCUT2D eigenvalue weighted by Crippen LogP contribution is -2.38. The Balaban J connectivity index is 1.41. The van der Waals surface area contributed by atoms with Crippen LogP contribution < -0.4 is 5.32 Å². The highest BCUT2D eigenvalue weighted by Crippen LogP contribution is 2.25. The molecule has 1 aliphatic heterocycles. The number of nitrogens with one attached hydrogen (secondary N) is 1. The Kier molecular flexibility index (Phi) is 5.48. The molecule has 1 saturated heterocycles. The van der Waals surface area contributed by atoms with E-state index in [1.807, 2.05) is 60.6 Å². The van der Waals surface area contributed by atoms with Gasteiger partial charge in [0, 0.05) is 56.7 Å². The minimum Gasteiger partial charge on any atom is -0.323 e. The van der Waals surface area contributed by atoms with Crippen molar-refractivity contribution in [2.45, 2.75) is 19.9 Å². The Labute approximate surface area is 165 Å². The Morgan fingerprint density at radius 1 is 1.04 bits per heavy atom. The number of nitrogens with zero attached hydrogens (tertiary/aromatic N) is 4. The maximum Gasteiger partial charge on any atom is 0.321 e. The molecule has 2 aromatic heterocycles. The van der Waals surface area contributed by atoms with Crippen molar-refractivity contribution in [3.8, 4) is 0 Å². The van der Waals surface area contributed by atoms with Gasteiger partial charge in [0.2, 0.25) is 0 Å². The van der Waals surface area contributed by atoms with Gasteiger partial charge in [-0.15, -0.1) is 0 Å². The summed E-state index contributed by atoms with van der Waals surface area (Å²) in [5.74, 6) is 0. The number of carbonyl (C=O) groups excluding carboxylic acids is 1. The van der Waals surface area contributed by atoms with Gasteiger partial charge in [-0.1, -0.05) is 6.07 Å². The number of urea groups is 1. The molecule has 0 aliphatic carbocycles. The number of benzene rings is 1. The quantitative estimate of drug-likeness (QED) is 0.759. The van der Waals surface area contributed by atoms with Crippen LogP contribution in [0.25, 0.3) is 10.9 Å². The van der Waals surface area contributed by atoms with Crippen LogP contribution in [0.1, 0.15) is 17.5 Å². The fourth-order valence-corrected chi connectivity index (χ4v) is 3.70. The second kappa shape index (κ2) is 8.35. The van der Waals surface area contributed by atoms with E-state index < -0.39 is 0 Å². The molecule has 3 aromatic rings. The average molecular weight is 375 g/mol. The van der Waals surface area contributed by atoms with Crippen LogP contribution in [-0.4, -0.2) is 52.0 Å². The number of fused-ring (bicyclic) bond motifs is 1. The van der Waals surface area contributed by atoms with Gasteiger partial charge in [-0.2, -0.15) is 0 Å². The van der Waals surface area contributed by atoms with E-state index in [1.165, 1.54) is 5.56 Å². The van der Waals surface area contributed by atoms with Crippen LogP contribution in [0.3, 0.4) is 0 Å². The van der Waals surface area contributed by atoms with Crippen molar-refractivity contribution < 1.29 is 4.79 Å². The molecule has 144 valence electrons. The van der Waals surface area contributed by atoms with Gasteiger partial charge < -0.3 is 10.2 Å². The van der Waals surface area contributed by atoms with Crippen molar-refractivity contribution >= 4 is 22.6 Å². The smallest absolute Gasteiger partial charge is 0.321 e. The van der Waals surface area contributed by atoms with Crippen molar-refractivity contribution in [2.75, 3.05) is 31.5 Å². The molecule has 0 unspecified atom stereocenters. The molecule has 0 spiro atoms. The predicted octanol–water partition coefficient (Wildman–Crippen LogP) is 3.68. The first-order valence-electron chi connectivity index (χ1n) is 9.72. The van der Waals surface area contributed by atoms with Crippen LogP contribution in [-0.2, 0) is 6.54 Å². The summed E-state index contributed by atoms with van der Waals surface area (Å²) < 4.78 is 0. The third-order valence-corrected chi connectivity index (χ3v) is 5.24. The lowest BCUT2D eigenvalue weighted by molar-refractivity contribution is 0.211. The number of carbonyl (C=O) groups is 1.